The van der Waals surface area contributed by atoms with Gasteiger partial charge in [0.05, 0.1) is 6.61 Å². The molecule has 0 saturated carbocycles. The van der Waals surface area contributed by atoms with E-state index >= 15 is 0 Å². The highest BCUT2D eigenvalue weighted by Crippen LogP contribution is 2.20. The molecule has 20 heavy (non-hydrogen) atoms. The molecule has 0 aromatic carbocycles. The molecule has 0 unspecified atom stereocenters. The fraction of sp³-hybridized carbons (Fsp3) is 0.556. The maximum Gasteiger partial charge on any atom is 0.276 e. The van der Waals surface area contributed by atoms with Gasteiger partial charge in [0.15, 0.2) is 0 Å². The number of nitrogens with two attached hydrogens (primary N) is 1. The first-order valence-corrected chi connectivity index (χ1v) is 9.44. The summed E-state index contributed by atoms with van der Waals surface area (Å²) in [5.41, 5.74) is 0. The Kier molecular flexibility index (Phi) is 6.51. The lowest BCUT2D eigenvalue weighted by atomic mass is 10.3. The van der Waals surface area contributed by atoms with Gasteiger partial charge in [0.1, 0.15) is 4.21 Å². The lowest BCUT2D eigenvalue weighted by molar-refractivity contribution is 0.204. The summed E-state index contributed by atoms with van der Waals surface area (Å²) in [5.74, 6) is 0. The van der Waals surface area contributed by atoms with E-state index in [1.165, 1.54) is 13.2 Å². The van der Waals surface area contributed by atoms with E-state index < -0.39 is 20.2 Å². The van der Waals surface area contributed by atoms with E-state index in [4.69, 9.17) is 9.88 Å². The average Bonchev–Trinajstić information content (AvgIpc) is 2.77. The van der Waals surface area contributed by atoms with Gasteiger partial charge in [-0.15, -0.1) is 11.3 Å². The zero-order valence-electron chi connectivity index (χ0n) is 10.8. The third-order valence-corrected chi connectivity index (χ3v) is 5.93. The van der Waals surface area contributed by atoms with Crippen molar-refractivity contribution in [3.05, 3.63) is 17.0 Å². The van der Waals surface area contributed by atoms with Crippen molar-refractivity contribution in [1.82, 2.24) is 9.44 Å². The fourth-order valence-electron chi connectivity index (χ4n) is 1.28. The van der Waals surface area contributed by atoms with Gasteiger partial charge in [-0.1, -0.05) is 0 Å². The summed E-state index contributed by atoms with van der Waals surface area (Å²) >= 11 is 1.02. The van der Waals surface area contributed by atoms with Crippen LogP contribution in [0.5, 0.6) is 0 Å². The highest BCUT2D eigenvalue weighted by molar-refractivity contribution is 7.91. The zero-order chi connectivity index (χ0) is 15.2. The summed E-state index contributed by atoms with van der Waals surface area (Å²) < 4.78 is 54.5. The number of sulfonamides is 1. The minimum atomic E-state index is -3.70. The molecular weight excluding hydrogens is 326 g/mol. The maximum atomic E-state index is 11.5. The van der Waals surface area contributed by atoms with E-state index in [2.05, 4.69) is 9.44 Å². The van der Waals surface area contributed by atoms with Crippen LogP contribution in [0.4, 0.5) is 0 Å². The standard InChI is InChI=1S/C9H17N3O5S3/c1-17-7-6-12-20(15,16)11-5-4-8-2-3-9(18-8)19(10,13)14/h2-3,11-12H,4-7H2,1H3,(H2,10,13,14). The molecule has 8 nitrogen and oxygen atoms in total. The van der Waals surface area contributed by atoms with E-state index in [0.29, 0.717) is 6.42 Å². The molecule has 1 rings (SSSR count). The van der Waals surface area contributed by atoms with Crippen molar-refractivity contribution in [3.8, 4) is 0 Å². The molecule has 4 N–H and O–H groups in total. The summed E-state index contributed by atoms with van der Waals surface area (Å²) in [6, 6.07) is 3.01. The second-order valence-electron chi connectivity index (χ2n) is 3.80. The molecule has 1 aromatic rings. The van der Waals surface area contributed by atoms with Crippen LogP contribution >= 0.6 is 11.3 Å². The molecule has 11 heteroatoms. The van der Waals surface area contributed by atoms with Crippen LogP contribution < -0.4 is 14.6 Å². The number of ether oxygens (including phenoxy) is 1. The van der Waals surface area contributed by atoms with Gasteiger partial charge in [0.2, 0.25) is 10.0 Å². The Morgan fingerprint density at radius 3 is 2.40 bits per heavy atom. The smallest absolute Gasteiger partial charge is 0.276 e. The van der Waals surface area contributed by atoms with Gasteiger partial charge in [-0.25, -0.2) is 18.3 Å². The van der Waals surface area contributed by atoms with Gasteiger partial charge in [0.25, 0.3) is 10.2 Å². The van der Waals surface area contributed by atoms with Gasteiger partial charge in [-0.05, 0) is 18.6 Å². The molecule has 0 radical (unpaired) electrons. The largest absolute Gasteiger partial charge is 0.383 e. The zero-order valence-corrected chi connectivity index (χ0v) is 13.3. The van der Waals surface area contributed by atoms with Gasteiger partial charge < -0.3 is 4.74 Å². The van der Waals surface area contributed by atoms with Crippen LogP contribution in [-0.2, 0) is 31.4 Å². The van der Waals surface area contributed by atoms with E-state index in [1.807, 2.05) is 0 Å². The summed E-state index contributed by atoms with van der Waals surface area (Å²) in [4.78, 5) is 0.730. The van der Waals surface area contributed by atoms with Crippen LogP contribution in [0.25, 0.3) is 0 Å². The van der Waals surface area contributed by atoms with Gasteiger partial charge in [-0.2, -0.15) is 13.1 Å². The normalized spacial score (nSPS) is 12.7. The SMILES string of the molecule is COCCNS(=O)(=O)NCCc1ccc(S(N)(=O)=O)s1. The minimum Gasteiger partial charge on any atom is -0.383 e. The molecule has 0 fully saturated rings. The van der Waals surface area contributed by atoms with Crippen molar-refractivity contribution >= 4 is 31.6 Å². The molecule has 0 aliphatic rings. The Balaban J connectivity index is 2.43. The topological polar surface area (TPSA) is 128 Å². The van der Waals surface area contributed by atoms with E-state index in [-0.39, 0.29) is 23.9 Å². The Bertz CT molecular complexity index is 623. The number of nitrogens with one attached hydrogen (secondary N) is 2. The maximum absolute atomic E-state index is 11.5. The van der Waals surface area contributed by atoms with Crippen LogP contribution in [0.2, 0.25) is 0 Å². The number of thiophene rings is 1. The second kappa shape index (κ2) is 7.45. The third kappa shape index (κ3) is 6.26. The predicted molar refractivity (Wildman–Crippen MR) is 76.2 cm³/mol. The van der Waals surface area contributed by atoms with Crippen molar-refractivity contribution in [2.24, 2.45) is 5.14 Å². The Morgan fingerprint density at radius 2 is 1.85 bits per heavy atom. The van der Waals surface area contributed by atoms with Gasteiger partial charge in [-0.3, -0.25) is 0 Å². The molecular formula is C9H17N3O5S3. The fourth-order valence-corrected chi connectivity index (χ4v) is 3.89. The molecule has 0 spiro atoms. The third-order valence-electron chi connectivity index (χ3n) is 2.18. The van der Waals surface area contributed by atoms with E-state index in [1.54, 1.807) is 6.07 Å². The minimum absolute atomic E-state index is 0.0635. The van der Waals surface area contributed by atoms with E-state index in [9.17, 15) is 16.8 Å². The second-order valence-corrected chi connectivity index (χ2v) is 8.34. The highest BCUT2D eigenvalue weighted by Gasteiger charge is 2.12. The van der Waals surface area contributed by atoms with Crippen LogP contribution in [0.1, 0.15) is 4.88 Å². The molecule has 116 valence electrons. The molecule has 1 heterocycles. The highest BCUT2D eigenvalue weighted by atomic mass is 32.2. The van der Waals surface area contributed by atoms with E-state index in [0.717, 1.165) is 16.2 Å². The summed E-state index contributed by atoms with van der Waals surface area (Å²) in [5, 5.41) is 4.99. The van der Waals surface area contributed by atoms with Crippen molar-refractivity contribution < 1.29 is 21.6 Å². The Hall–Kier alpha value is -0.560. The Morgan fingerprint density at radius 1 is 1.20 bits per heavy atom. The Labute approximate surface area is 122 Å². The first-order chi connectivity index (χ1) is 9.24. The predicted octanol–water partition coefficient (Wildman–Crippen LogP) is -0.992. The molecule has 0 atom stereocenters. The first-order valence-electron chi connectivity index (χ1n) is 5.59. The monoisotopic (exact) mass is 343 g/mol. The molecule has 0 amide bonds. The molecule has 0 aliphatic carbocycles. The molecule has 0 saturated heterocycles. The van der Waals surface area contributed by atoms with Crippen molar-refractivity contribution in [3.63, 3.8) is 0 Å². The van der Waals surface area contributed by atoms with Gasteiger partial charge >= 0.3 is 0 Å². The lowest BCUT2D eigenvalue weighted by Crippen LogP contribution is -2.39. The van der Waals surface area contributed by atoms with Crippen molar-refractivity contribution in [1.29, 1.82) is 0 Å². The number of hydrogen-bond acceptors (Lipinski definition) is 6. The van der Waals surface area contributed by atoms with Crippen molar-refractivity contribution in [2.45, 2.75) is 10.6 Å². The van der Waals surface area contributed by atoms with Crippen LogP contribution in [0.15, 0.2) is 16.3 Å². The van der Waals surface area contributed by atoms with Crippen LogP contribution in [0, 0.1) is 0 Å². The van der Waals surface area contributed by atoms with Crippen LogP contribution in [-0.4, -0.2) is 43.6 Å². The number of rotatable bonds is 9. The molecule has 0 bridgehead atoms. The van der Waals surface area contributed by atoms with Crippen LogP contribution in [0.3, 0.4) is 0 Å². The average molecular weight is 343 g/mol. The summed E-state index contributed by atoms with van der Waals surface area (Å²) in [6.45, 7) is 0.622. The first kappa shape index (κ1) is 17.5. The lowest BCUT2D eigenvalue weighted by Gasteiger charge is -2.07. The number of methoxy groups -OCH3 is 1. The van der Waals surface area contributed by atoms with Gasteiger partial charge in [0, 0.05) is 25.1 Å². The number of hydrogen-bond donors (Lipinski definition) is 3. The quantitative estimate of drug-likeness (QED) is 0.496. The van der Waals surface area contributed by atoms with Crippen molar-refractivity contribution in [2.75, 3.05) is 26.8 Å². The summed E-state index contributed by atoms with van der Waals surface area (Å²) in [6.07, 6.45) is 0.380. The molecule has 0 aliphatic heterocycles. The molecule has 1 aromatic heterocycles. The summed E-state index contributed by atoms with van der Waals surface area (Å²) in [7, 11) is -5.79. The number of primary sulfonamides is 1.